The van der Waals surface area contributed by atoms with Crippen LogP contribution in [0.1, 0.15) is 154 Å². The molecule has 0 bridgehead atoms. The Morgan fingerprint density at radius 2 is 0.829 bits per heavy atom. The van der Waals surface area contributed by atoms with E-state index in [0.29, 0.717) is 4.32 Å². The summed E-state index contributed by atoms with van der Waals surface area (Å²) >= 11 is 8.95. The van der Waals surface area contributed by atoms with Gasteiger partial charge in [-0.1, -0.05) is 153 Å². The zero-order valence-electron chi connectivity index (χ0n) is 22.4. The number of thiol groups is 1. The molecule has 210 valence electrons. The van der Waals surface area contributed by atoms with Crippen LogP contribution in [0.3, 0.4) is 0 Å². The topological polar surface area (TPSA) is 78.8 Å². The van der Waals surface area contributed by atoms with Gasteiger partial charge in [-0.2, -0.15) is 0 Å². The van der Waals surface area contributed by atoms with Crippen molar-refractivity contribution in [2.75, 3.05) is 13.2 Å². The maximum absolute atomic E-state index is 10.6. The number of nitrogens with one attached hydrogen (secondary N) is 1. The molecule has 5 nitrogen and oxygen atoms in total. The van der Waals surface area contributed by atoms with Crippen molar-refractivity contribution >= 4 is 37.0 Å². The molecule has 0 aromatic heterocycles. The monoisotopic (exact) mass is 553 g/mol. The molecule has 0 unspecified atom stereocenters. The van der Waals surface area contributed by atoms with Crippen LogP contribution in [-0.2, 0) is 9.09 Å². The van der Waals surface area contributed by atoms with Crippen molar-refractivity contribution in [3.8, 4) is 0 Å². The summed E-state index contributed by atoms with van der Waals surface area (Å²) < 4.78 is 15.6. The minimum Gasteiger partial charge on any atom is -0.371 e. The second-order valence-corrected chi connectivity index (χ2v) is 12.4. The standard InChI is InChI=1S/C27H56NO4PS2/c29-33(30,31)32-26-24-22-20-18-16-14-12-10-8-6-4-2-1-3-5-7-9-11-13-15-17-19-21-23-25-28-27(34)35/h1-26H2,(H2,28,34,35)(H2,29,30,31). The van der Waals surface area contributed by atoms with Crippen LogP contribution in [0.25, 0.3) is 0 Å². The third-order valence-corrected chi connectivity index (χ3v) is 7.43. The van der Waals surface area contributed by atoms with Crippen LogP contribution in [0, 0.1) is 0 Å². The molecule has 35 heavy (non-hydrogen) atoms. The lowest BCUT2D eigenvalue weighted by Crippen LogP contribution is -2.17. The summed E-state index contributed by atoms with van der Waals surface area (Å²) in [6.45, 7) is 1.13. The number of thiocarbonyl (C=S) groups is 1. The highest BCUT2D eigenvalue weighted by Gasteiger charge is 2.12. The predicted molar refractivity (Wildman–Crippen MR) is 158 cm³/mol. The first-order valence-corrected chi connectivity index (χ1v) is 17.0. The Labute approximate surface area is 228 Å². The zero-order chi connectivity index (χ0) is 25.9. The van der Waals surface area contributed by atoms with E-state index in [1.54, 1.807) is 0 Å². The Morgan fingerprint density at radius 1 is 0.571 bits per heavy atom. The van der Waals surface area contributed by atoms with Crippen LogP contribution in [0.4, 0.5) is 0 Å². The fourth-order valence-corrected chi connectivity index (χ4v) is 5.08. The lowest BCUT2D eigenvalue weighted by Gasteiger charge is -2.05. The van der Waals surface area contributed by atoms with E-state index in [1.807, 2.05) is 0 Å². The molecule has 0 fully saturated rings. The summed E-state index contributed by atoms with van der Waals surface area (Å²) in [5, 5.41) is 3.09. The predicted octanol–water partition coefficient (Wildman–Crippen LogP) is 9.26. The fourth-order valence-electron chi connectivity index (χ4n) is 4.49. The summed E-state index contributed by atoms with van der Waals surface area (Å²) in [7, 11) is -4.27. The first-order valence-electron chi connectivity index (χ1n) is 14.6. The molecule has 0 aromatic carbocycles. The average Bonchev–Trinajstić information content (AvgIpc) is 2.80. The van der Waals surface area contributed by atoms with Crippen molar-refractivity contribution in [1.82, 2.24) is 5.32 Å². The molecule has 0 saturated heterocycles. The van der Waals surface area contributed by atoms with Gasteiger partial charge in [-0.25, -0.2) is 4.57 Å². The number of unbranched alkanes of at least 4 members (excludes halogenated alkanes) is 23. The van der Waals surface area contributed by atoms with Crippen molar-refractivity contribution in [3.63, 3.8) is 0 Å². The highest BCUT2D eigenvalue weighted by molar-refractivity contribution is 8.11. The van der Waals surface area contributed by atoms with Gasteiger partial charge in [-0.15, -0.1) is 12.6 Å². The van der Waals surface area contributed by atoms with Gasteiger partial charge in [-0.3, -0.25) is 4.52 Å². The van der Waals surface area contributed by atoms with Gasteiger partial charge in [0.05, 0.1) is 6.61 Å². The van der Waals surface area contributed by atoms with Gasteiger partial charge in [0.2, 0.25) is 0 Å². The van der Waals surface area contributed by atoms with Crippen LogP contribution in [0.5, 0.6) is 0 Å². The first kappa shape index (κ1) is 35.4. The van der Waals surface area contributed by atoms with E-state index < -0.39 is 7.82 Å². The van der Waals surface area contributed by atoms with E-state index in [-0.39, 0.29) is 6.61 Å². The quantitative estimate of drug-likeness (QED) is 0.0335. The Hall–Kier alpha value is 0.350. The van der Waals surface area contributed by atoms with Crippen LogP contribution in [-0.4, -0.2) is 27.3 Å². The minimum absolute atomic E-state index is 0.165. The summed E-state index contributed by atoms with van der Waals surface area (Å²) in [5.41, 5.74) is 0. The maximum atomic E-state index is 10.6. The number of phosphoric acid groups is 1. The molecule has 0 amide bonds. The molecule has 0 aliphatic rings. The summed E-state index contributed by atoms with van der Waals surface area (Å²) in [4.78, 5) is 17.2. The van der Waals surface area contributed by atoms with Crippen molar-refractivity contribution in [1.29, 1.82) is 0 Å². The molecule has 0 saturated carbocycles. The van der Waals surface area contributed by atoms with Gasteiger partial charge in [0.15, 0.2) is 0 Å². The van der Waals surface area contributed by atoms with Crippen molar-refractivity contribution < 1.29 is 18.9 Å². The Morgan fingerprint density at radius 3 is 1.09 bits per heavy atom. The molecule has 0 rings (SSSR count). The number of rotatable bonds is 28. The van der Waals surface area contributed by atoms with E-state index in [4.69, 9.17) is 22.0 Å². The summed E-state index contributed by atoms with van der Waals surface area (Å²) in [6, 6.07) is 0. The molecular weight excluding hydrogens is 497 g/mol. The van der Waals surface area contributed by atoms with E-state index in [1.165, 1.54) is 135 Å². The Bertz CT molecular complexity index is 506. The Kier molecular flexibility index (Phi) is 27.7. The van der Waals surface area contributed by atoms with Crippen LogP contribution < -0.4 is 5.32 Å². The van der Waals surface area contributed by atoms with Gasteiger partial charge in [-0.05, 0) is 12.8 Å². The van der Waals surface area contributed by atoms with Crippen molar-refractivity contribution in [2.45, 2.75) is 154 Å². The third kappa shape index (κ3) is 34.4. The maximum Gasteiger partial charge on any atom is 0.469 e. The highest BCUT2D eigenvalue weighted by atomic mass is 32.1. The normalized spacial score (nSPS) is 11.7. The largest absolute Gasteiger partial charge is 0.469 e. The van der Waals surface area contributed by atoms with Crippen LogP contribution in [0.2, 0.25) is 0 Å². The molecule has 0 heterocycles. The van der Waals surface area contributed by atoms with Crippen molar-refractivity contribution in [3.05, 3.63) is 0 Å². The average molecular weight is 554 g/mol. The Balaban J connectivity index is 3.05. The van der Waals surface area contributed by atoms with Gasteiger partial charge in [0, 0.05) is 6.54 Å². The van der Waals surface area contributed by atoms with Gasteiger partial charge >= 0.3 is 7.82 Å². The molecule has 8 heteroatoms. The van der Waals surface area contributed by atoms with E-state index in [9.17, 15) is 4.57 Å². The highest BCUT2D eigenvalue weighted by Crippen LogP contribution is 2.35. The van der Waals surface area contributed by atoms with Gasteiger partial charge in [0.25, 0.3) is 0 Å². The smallest absolute Gasteiger partial charge is 0.371 e. The van der Waals surface area contributed by atoms with Gasteiger partial charge in [0.1, 0.15) is 4.32 Å². The molecule has 0 atom stereocenters. The number of hydrogen-bond donors (Lipinski definition) is 4. The molecule has 0 aliphatic heterocycles. The summed E-state index contributed by atoms with van der Waals surface area (Å²) in [6.07, 6.45) is 31.6. The van der Waals surface area contributed by atoms with Crippen LogP contribution in [0.15, 0.2) is 0 Å². The number of hydrogen-bond acceptors (Lipinski definition) is 3. The first-order chi connectivity index (χ1) is 16.9. The lowest BCUT2D eigenvalue weighted by molar-refractivity contribution is 0.193. The van der Waals surface area contributed by atoms with E-state index in [2.05, 4.69) is 22.5 Å². The molecule has 0 spiro atoms. The second-order valence-electron chi connectivity index (χ2n) is 10.0. The van der Waals surface area contributed by atoms with E-state index in [0.717, 1.165) is 25.8 Å². The fraction of sp³-hybridized carbons (Fsp3) is 0.963. The van der Waals surface area contributed by atoms with E-state index >= 15 is 0 Å². The molecule has 0 radical (unpaired) electrons. The van der Waals surface area contributed by atoms with Crippen LogP contribution >= 0.6 is 32.7 Å². The second kappa shape index (κ2) is 27.4. The lowest BCUT2D eigenvalue weighted by atomic mass is 10.0. The zero-order valence-corrected chi connectivity index (χ0v) is 25.0. The molecule has 3 N–H and O–H groups in total. The number of phosphoric ester groups is 1. The third-order valence-electron chi connectivity index (χ3n) is 6.61. The molecule has 0 aliphatic carbocycles. The van der Waals surface area contributed by atoms with Crippen molar-refractivity contribution in [2.24, 2.45) is 0 Å². The SMILES string of the molecule is O=P(O)(O)OCCCCCCCCCCCCCCCCCCCCCCCCCCNC(=S)S. The van der Waals surface area contributed by atoms with Gasteiger partial charge < -0.3 is 15.1 Å². The molecule has 0 aromatic rings. The summed E-state index contributed by atoms with van der Waals surface area (Å²) in [5.74, 6) is 0. The minimum atomic E-state index is -4.27. The molecular formula is C27H56NO4PS2.